The molecule has 129 heavy (non-hydrogen) atoms. The summed E-state index contributed by atoms with van der Waals surface area (Å²) in [6.07, 6.45) is -3.18. The molecule has 2 aromatic carbocycles. The van der Waals surface area contributed by atoms with E-state index in [1.54, 1.807) is 13.8 Å². The van der Waals surface area contributed by atoms with Gasteiger partial charge in [0.05, 0.1) is 45.3 Å². The van der Waals surface area contributed by atoms with Gasteiger partial charge >= 0.3 is 0 Å². The van der Waals surface area contributed by atoms with Crippen LogP contribution in [0.4, 0.5) is 4.39 Å². The molecule has 0 radical (unpaired) electrons. The van der Waals surface area contributed by atoms with Crippen LogP contribution in [0.2, 0.25) is 0 Å². The van der Waals surface area contributed by atoms with Gasteiger partial charge in [-0.3, -0.25) is 101 Å². The molecule has 0 spiro atoms. The summed E-state index contributed by atoms with van der Waals surface area (Å²) in [6, 6.07) is -6.43. The number of hydrogen-bond acceptors (Lipinski definition) is 26. The lowest BCUT2D eigenvalue weighted by atomic mass is 10.0. The lowest BCUT2D eigenvalue weighted by Crippen LogP contribution is -2.60. The van der Waals surface area contributed by atoms with Crippen molar-refractivity contribution >= 4 is 124 Å². The predicted octanol–water partition coefficient (Wildman–Crippen LogP) is -11.7. The van der Waals surface area contributed by atoms with Crippen molar-refractivity contribution in [3.63, 3.8) is 0 Å². The van der Waals surface area contributed by atoms with Crippen LogP contribution in [-0.4, -0.2) is 278 Å². The first-order chi connectivity index (χ1) is 60.9. The van der Waals surface area contributed by atoms with Gasteiger partial charge in [-0.2, -0.15) is 0 Å². The monoisotopic (exact) mass is 1820 g/mol. The number of nitrogens with zero attached hydrogens (tertiary/aromatic N) is 2. The number of hydrogen-bond donors (Lipinski definition) is 28. The van der Waals surface area contributed by atoms with Crippen LogP contribution < -0.4 is 142 Å². The summed E-state index contributed by atoms with van der Waals surface area (Å²) in [5.74, 6) is -20.2. The Balaban J connectivity index is 2.31. The van der Waals surface area contributed by atoms with Gasteiger partial charge in [-0.25, -0.2) is 4.39 Å². The molecular formula is C79H129FN28O21. The summed E-state index contributed by atoms with van der Waals surface area (Å²) in [6.45, 7) is 5.24. The number of primary amides is 3. The van der Waals surface area contributed by atoms with Crippen molar-refractivity contribution in [2.75, 3.05) is 59.0 Å². The molecule has 2 rings (SSSR count). The van der Waals surface area contributed by atoms with E-state index in [-0.39, 0.29) is 128 Å². The minimum Gasteiger partial charge on any atom is -0.394 e. The molecule has 49 nitrogen and oxygen atoms in total. The van der Waals surface area contributed by atoms with E-state index in [2.05, 4.69) is 100 Å². The highest BCUT2D eigenvalue weighted by molar-refractivity contribution is 6.01. The molecule has 0 saturated carbocycles. The third kappa shape index (κ3) is 46.6. The van der Waals surface area contributed by atoms with E-state index in [0.717, 1.165) is 24.6 Å². The van der Waals surface area contributed by atoms with Gasteiger partial charge < -0.3 is 152 Å². The van der Waals surface area contributed by atoms with Gasteiger partial charge in [-0.05, 0) is 147 Å². The number of aliphatic imine (C=N–C) groups is 2. The summed E-state index contributed by atoms with van der Waals surface area (Å²) in [5.41, 5.74) is 50.8. The Labute approximate surface area is 744 Å². The van der Waals surface area contributed by atoms with Crippen LogP contribution in [0.3, 0.4) is 0 Å². The number of nitrogens with two attached hydrogens (primary N) is 9. The summed E-state index contributed by atoms with van der Waals surface area (Å²) in [5, 5.41) is 62.6. The van der Waals surface area contributed by atoms with Gasteiger partial charge in [0.25, 0.3) is 0 Å². The fourth-order valence-electron chi connectivity index (χ4n) is 12.0. The van der Waals surface area contributed by atoms with Crippen molar-refractivity contribution in [3.8, 4) is 0 Å². The normalized spacial score (nSPS) is 14.2. The van der Waals surface area contributed by atoms with Gasteiger partial charge in [0.2, 0.25) is 112 Å². The Bertz CT molecular complexity index is 4140. The molecule has 0 bridgehead atoms. The fourth-order valence-corrected chi connectivity index (χ4v) is 12.0. The van der Waals surface area contributed by atoms with Crippen molar-refractivity contribution in [2.24, 2.45) is 67.5 Å². The summed E-state index contributed by atoms with van der Waals surface area (Å²) >= 11 is 0. The number of unbranched alkanes of at least 4 members (excludes halogenated alkanes) is 2. The van der Waals surface area contributed by atoms with Crippen molar-refractivity contribution in [1.82, 2.24) is 90.4 Å². The van der Waals surface area contributed by atoms with Crippen LogP contribution in [0.1, 0.15) is 143 Å². The number of carbonyl (C=O) groups is 19. The van der Waals surface area contributed by atoms with E-state index < -0.39 is 235 Å². The van der Waals surface area contributed by atoms with Gasteiger partial charge in [-0.1, -0.05) is 56.3 Å². The third-order valence-corrected chi connectivity index (χ3v) is 19.0. The van der Waals surface area contributed by atoms with E-state index in [4.69, 9.17) is 51.6 Å². The zero-order valence-electron chi connectivity index (χ0n) is 73.2. The van der Waals surface area contributed by atoms with Crippen LogP contribution in [-0.2, 0) is 104 Å². The minimum absolute atomic E-state index is 0.0113. The maximum Gasteiger partial charge on any atom is 0.245 e. The highest BCUT2D eigenvalue weighted by atomic mass is 19.1. The first-order valence-corrected chi connectivity index (χ1v) is 41.8. The van der Waals surface area contributed by atoms with E-state index in [1.165, 1.54) is 32.9 Å². The Morgan fingerprint density at radius 2 is 0.767 bits per heavy atom. The number of rotatable bonds is 63. The SMILES string of the molecule is CC(C)C[C@H](NC(=O)[C@H](CCCCN)NC(=O)[C@H](CCCN=C(N)N)NC(=O)[C@H](C)NC(=O)[C@H](CO)NC(=O)[C@H](CCCCN)NC(=O)[C@H](CCCN=C(N)N)NC(=O)[C@H](C)NC(=O)CNC(=O)[C@@H](NC(=O)[C@H](Cc1ccc(F)cc1)NC(=O)CNC(=O)CNC(=O)CNCc1ccccc1)[C@@H](C)O)C(=O)N[C@@H](C)C(=O)N[C@@H](CC(N)=O)C(=O)N[C@@H](CCC(N)=O)C(N)=O. The van der Waals surface area contributed by atoms with Crippen LogP contribution in [0.5, 0.6) is 0 Å². The highest BCUT2D eigenvalue weighted by Crippen LogP contribution is 2.14. The van der Waals surface area contributed by atoms with Crippen molar-refractivity contribution in [3.05, 3.63) is 71.5 Å². The Morgan fingerprint density at radius 1 is 0.372 bits per heavy atom. The molecule has 19 amide bonds. The quantitative estimate of drug-likeness (QED) is 0.0166. The van der Waals surface area contributed by atoms with E-state index in [0.29, 0.717) is 24.9 Å². The summed E-state index contributed by atoms with van der Waals surface area (Å²) in [4.78, 5) is 262. The van der Waals surface area contributed by atoms with Gasteiger partial charge in [-0.15, -0.1) is 0 Å². The van der Waals surface area contributed by atoms with Gasteiger partial charge in [0.1, 0.15) is 84.4 Å². The van der Waals surface area contributed by atoms with E-state index in [9.17, 15) is 106 Å². The van der Waals surface area contributed by atoms with Gasteiger partial charge in [0, 0.05) is 32.5 Å². The van der Waals surface area contributed by atoms with Crippen molar-refractivity contribution < 1.29 is 106 Å². The number of aliphatic hydroxyl groups is 2. The maximum absolute atomic E-state index is 14.4. The fraction of sp³-hybridized carbons (Fsp3) is 0.582. The lowest BCUT2D eigenvalue weighted by molar-refractivity contribution is -0.136. The lowest BCUT2D eigenvalue weighted by Gasteiger charge is -2.28. The number of aliphatic hydroxyl groups excluding tert-OH is 2. The standard InChI is InChI=1S/C79H129FN28O21/c1-41(2)32-54(73(125)97-44(5)68(120)105-56(34-59(84)112)74(126)100-49(65(85)117)26-27-58(83)111)106-71(123)50(18-10-12-28-81)103-70(122)53(21-15-31-92-79(88)89)102-67(119)43(4)98-76(128)57(40-109)107-72(124)51(19-11-13-29-82)104-69(121)52(20-14-30-91-78(86)87)101-66(118)42(3)96-62(115)39-95-77(129)64(45(6)110)108-75(127)55(33-46-22-24-48(80)25-23-46)99-63(116)38-94-61(114)37-93-60(113)36-90-35-47-16-8-7-9-17-47/h7-9,16-17,22-25,41-45,49-57,64,90,109-110H,10-15,18-21,26-40,81-82H2,1-6H3,(H2,83,111)(H2,84,112)(H2,85,117)(H,93,113)(H,94,114)(H,95,129)(H,96,115)(H,97,125)(H,98,128)(H,99,116)(H,100,126)(H,101,118)(H,102,119)(H,103,122)(H,104,121)(H,105,120)(H,106,123)(H,107,124)(H,108,127)(H4,86,87,91)(H4,88,89,92)/t42-,43-,44-,45+,49-,50-,51-,52-,53-,54-,55-,56-,57-,64-/m0/s1. The third-order valence-electron chi connectivity index (χ3n) is 19.0. The van der Waals surface area contributed by atoms with Crippen LogP contribution >= 0.6 is 0 Å². The summed E-state index contributed by atoms with van der Waals surface area (Å²) in [7, 11) is 0. The molecule has 0 aliphatic rings. The van der Waals surface area contributed by atoms with Crippen LogP contribution in [0, 0.1) is 11.7 Å². The van der Waals surface area contributed by atoms with Crippen LogP contribution in [0.15, 0.2) is 64.6 Å². The molecule has 0 unspecified atom stereocenters. The van der Waals surface area contributed by atoms with E-state index >= 15 is 0 Å². The highest BCUT2D eigenvalue weighted by Gasteiger charge is 2.37. The molecule has 37 N–H and O–H groups in total. The van der Waals surface area contributed by atoms with Crippen molar-refractivity contribution in [1.29, 1.82) is 0 Å². The number of amides is 19. The smallest absolute Gasteiger partial charge is 0.245 e. The molecular weight excluding hydrogens is 1700 g/mol. The Hall–Kier alpha value is -13.4. The van der Waals surface area contributed by atoms with Crippen LogP contribution in [0.25, 0.3) is 0 Å². The number of benzene rings is 2. The van der Waals surface area contributed by atoms with E-state index in [1.807, 2.05) is 30.3 Å². The number of carbonyl (C=O) groups excluding carboxylic acids is 19. The average Bonchev–Trinajstić information content (AvgIpc) is 0.911. The second-order valence-electron chi connectivity index (χ2n) is 30.6. The first kappa shape index (κ1) is 112. The minimum atomic E-state index is -1.85. The second-order valence-corrected chi connectivity index (χ2v) is 30.6. The largest absolute Gasteiger partial charge is 0.394 e. The second kappa shape index (κ2) is 60.3. The average molecular weight is 1830 g/mol. The Kier molecular flexibility index (Phi) is 52.3. The number of nitrogens with one attached hydrogen (secondary N) is 17. The molecule has 14 atom stereocenters. The molecule has 0 aliphatic carbocycles. The topological polar surface area (TPSA) is 828 Å². The molecule has 0 heterocycles. The molecule has 0 fully saturated rings. The molecule has 0 aromatic heterocycles. The molecule has 50 heteroatoms. The number of halogens is 1. The zero-order chi connectivity index (χ0) is 97.0. The predicted molar refractivity (Wildman–Crippen MR) is 465 cm³/mol. The first-order valence-electron chi connectivity index (χ1n) is 41.8. The summed E-state index contributed by atoms with van der Waals surface area (Å²) < 4.78 is 13.9. The molecule has 0 saturated heterocycles. The molecule has 0 aliphatic heterocycles. The van der Waals surface area contributed by atoms with Gasteiger partial charge in [0.15, 0.2) is 11.9 Å². The molecule has 2 aromatic rings. The maximum atomic E-state index is 14.4. The van der Waals surface area contributed by atoms with Crippen molar-refractivity contribution in [2.45, 2.75) is 229 Å². The Morgan fingerprint density at radius 3 is 1.22 bits per heavy atom. The zero-order valence-corrected chi connectivity index (χ0v) is 73.2. The molecule has 718 valence electrons. The number of guanidine groups is 2.